The Labute approximate surface area is 117 Å². The van der Waals surface area contributed by atoms with Crippen molar-refractivity contribution in [3.63, 3.8) is 0 Å². The van der Waals surface area contributed by atoms with E-state index < -0.39 is 0 Å². The number of aromatic nitrogens is 2. The van der Waals surface area contributed by atoms with Crippen molar-refractivity contribution in [2.75, 3.05) is 6.54 Å². The van der Waals surface area contributed by atoms with Crippen LogP contribution in [0.5, 0.6) is 0 Å². The summed E-state index contributed by atoms with van der Waals surface area (Å²) in [6.07, 6.45) is 10.9. The molecule has 1 aliphatic carbocycles. The van der Waals surface area contributed by atoms with Gasteiger partial charge < -0.3 is 9.88 Å². The summed E-state index contributed by atoms with van der Waals surface area (Å²) >= 11 is 0. The lowest BCUT2D eigenvalue weighted by molar-refractivity contribution is 0.318. The van der Waals surface area contributed by atoms with E-state index in [-0.39, 0.29) is 0 Å². The largest absolute Gasteiger partial charge is 0.333 e. The molecule has 1 heterocycles. The minimum absolute atomic E-state index is 0.505. The molecule has 1 fully saturated rings. The van der Waals surface area contributed by atoms with Crippen molar-refractivity contribution in [3.8, 4) is 0 Å². The van der Waals surface area contributed by atoms with Crippen LogP contribution in [-0.4, -0.2) is 22.1 Å². The van der Waals surface area contributed by atoms with Gasteiger partial charge in [-0.1, -0.05) is 33.6 Å². The molecule has 0 saturated heterocycles. The van der Waals surface area contributed by atoms with Gasteiger partial charge >= 0.3 is 0 Å². The minimum atomic E-state index is 0.505. The molecule has 0 bridgehead atoms. The predicted octanol–water partition coefficient (Wildman–Crippen LogP) is 3.56. The second kappa shape index (κ2) is 7.09. The van der Waals surface area contributed by atoms with E-state index in [0.29, 0.717) is 12.0 Å². The Hall–Kier alpha value is -0.830. The maximum atomic E-state index is 4.51. The molecule has 108 valence electrons. The van der Waals surface area contributed by atoms with Crippen molar-refractivity contribution < 1.29 is 0 Å². The van der Waals surface area contributed by atoms with Gasteiger partial charge in [-0.05, 0) is 31.7 Å². The third kappa shape index (κ3) is 3.82. The predicted molar refractivity (Wildman–Crippen MR) is 80.4 cm³/mol. The molecule has 1 unspecified atom stereocenters. The van der Waals surface area contributed by atoms with E-state index in [1.165, 1.54) is 37.9 Å². The first kappa shape index (κ1) is 14.6. The van der Waals surface area contributed by atoms with Gasteiger partial charge in [0.1, 0.15) is 5.82 Å². The second-order valence-electron chi connectivity index (χ2n) is 6.20. The molecule has 1 aromatic rings. The van der Waals surface area contributed by atoms with E-state index >= 15 is 0 Å². The van der Waals surface area contributed by atoms with E-state index in [9.17, 15) is 0 Å². The van der Waals surface area contributed by atoms with Crippen molar-refractivity contribution in [1.29, 1.82) is 0 Å². The Kier molecular flexibility index (Phi) is 5.44. The Morgan fingerprint density at radius 1 is 1.37 bits per heavy atom. The first-order chi connectivity index (χ1) is 9.22. The van der Waals surface area contributed by atoms with Crippen LogP contribution in [0.2, 0.25) is 0 Å². The van der Waals surface area contributed by atoms with Crippen LogP contribution in [0.25, 0.3) is 0 Å². The van der Waals surface area contributed by atoms with Gasteiger partial charge in [-0.15, -0.1) is 0 Å². The van der Waals surface area contributed by atoms with Gasteiger partial charge in [-0.3, -0.25) is 0 Å². The fraction of sp³-hybridized carbons (Fsp3) is 0.812. The zero-order valence-corrected chi connectivity index (χ0v) is 12.7. The van der Waals surface area contributed by atoms with Crippen LogP contribution in [0, 0.1) is 5.92 Å². The number of imidazole rings is 1. The van der Waals surface area contributed by atoms with E-state index in [0.717, 1.165) is 19.0 Å². The van der Waals surface area contributed by atoms with Gasteiger partial charge in [-0.2, -0.15) is 0 Å². The Morgan fingerprint density at radius 3 is 2.74 bits per heavy atom. The normalized spacial score (nSPS) is 18.3. The lowest BCUT2D eigenvalue weighted by Crippen LogP contribution is -2.39. The minimum Gasteiger partial charge on any atom is -0.333 e. The molecule has 0 aromatic carbocycles. The molecule has 1 atom stereocenters. The Morgan fingerprint density at radius 2 is 2.11 bits per heavy atom. The summed E-state index contributed by atoms with van der Waals surface area (Å²) in [6.45, 7) is 8.91. The van der Waals surface area contributed by atoms with E-state index in [2.05, 4.69) is 41.8 Å². The number of hydrogen-bond acceptors (Lipinski definition) is 2. The highest BCUT2D eigenvalue weighted by Crippen LogP contribution is 2.29. The topological polar surface area (TPSA) is 29.9 Å². The monoisotopic (exact) mass is 263 g/mol. The summed E-state index contributed by atoms with van der Waals surface area (Å²) in [5.74, 6) is 2.58. The summed E-state index contributed by atoms with van der Waals surface area (Å²) in [5, 5.41) is 3.77. The molecule has 2 rings (SSSR count). The van der Waals surface area contributed by atoms with Gasteiger partial charge in [0.05, 0.1) is 0 Å². The summed E-state index contributed by atoms with van der Waals surface area (Å²) < 4.78 is 2.36. The molecule has 1 saturated carbocycles. The standard InChI is InChI=1S/C16H29N3/c1-4-9-17-15(14-7-5-6-8-14)12-19-11-10-18-16(19)13(2)3/h10-11,13-15,17H,4-9,12H2,1-3H3. The van der Waals surface area contributed by atoms with Crippen LogP contribution in [0.1, 0.15) is 64.6 Å². The van der Waals surface area contributed by atoms with Crippen LogP contribution in [0.15, 0.2) is 12.4 Å². The van der Waals surface area contributed by atoms with Crippen LogP contribution < -0.4 is 5.32 Å². The quantitative estimate of drug-likeness (QED) is 0.815. The lowest BCUT2D eigenvalue weighted by atomic mass is 9.97. The second-order valence-corrected chi connectivity index (χ2v) is 6.20. The molecule has 1 N–H and O–H groups in total. The number of hydrogen-bond donors (Lipinski definition) is 1. The van der Waals surface area contributed by atoms with Gasteiger partial charge in [0, 0.05) is 30.9 Å². The number of nitrogens with zero attached hydrogens (tertiary/aromatic N) is 2. The van der Waals surface area contributed by atoms with Gasteiger partial charge in [-0.25, -0.2) is 4.98 Å². The Bertz CT molecular complexity index is 364. The van der Waals surface area contributed by atoms with Crippen molar-refractivity contribution in [2.24, 2.45) is 5.92 Å². The van der Waals surface area contributed by atoms with E-state index in [4.69, 9.17) is 0 Å². The molecular formula is C16H29N3. The molecule has 0 radical (unpaired) electrons. The fourth-order valence-electron chi connectivity index (χ4n) is 3.26. The smallest absolute Gasteiger partial charge is 0.111 e. The third-order valence-corrected chi connectivity index (χ3v) is 4.28. The number of nitrogens with one attached hydrogen (secondary N) is 1. The van der Waals surface area contributed by atoms with Crippen LogP contribution in [0.4, 0.5) is 0 Å². The zero-order valence-electron chi connectivity index (χ0n) is 12.7. The highest BCUT2D eigenvalue weighted by molar-refractivity contribution is 4.99. The first-order valence-electron chi connectivity index (χ1n) is 7.96. The van der Waals surface area contributed by atoms with Crippen molar-refractivity contribution in [1.82, 2.24) is 14.9 Å². The molecule has 0 spiro atoms. The third-order valence-electron chi connectivity index (χ3n) is 4.28. The number of rotatable bonds is 7. The molecule has 3 nitrogen and oxygen atoms in total. The van der Waals surface area contributed by atoms with E-state index in [1.54, 1.807) is 0 Å². The van der Waals surface area contributed by atoms with Gasteiger partial charge in [0.2, 0.25) is 0 Å². The van der Waals surface area contributed by atoms with Crippen molar-refractivity contribution in [3.05, 3.63) is 18.2 Å². The van der Waals surface area contributed by atoms with Crippen LogP contribution in [0.3, 0.4) is 0 Å². The molecule has 19 heavy (non-hydrogen) atoms. The van der Waals surface area contributed by atoms with E-state index in [1.807, 2.05) is 6.20 Å². The van der Waals surface area contributed by atoms with Gasteiger partial charge in [0.25, 0.3) is 0 Å². The molecule has 3 heteroatoms. The summed E-state index contributed by atoms with van der Waals surface area (Å²) in [4.78, 5) is 4.51. The highest BCUT2D eigenvalue weighted by atomic mass is 15.1. The summed E-state index contributed by atoms with van der Waals surface area (Å²) in [5.41, 5.74) is 0. The average Bonchev–Trinajstić information content (AvgIpc) is 3.04. The van der Waals surface area contributed by atoms with Gasteiger partial charge in [0.15, 0.2) is 0 Å². The molecule has 0 amide bonds. The summed E-state index contributed by atoms with van der Waals surface area (Å²) in [6, 6.07) is 0.620. The maximum absolute atomic E-state index is 4.51. The molecular weight excluding hydrogens is 234 g/mol. The zero-order chi connectivity index (χ0) is 13.7. The molecule has 0 aliphatic heterocycles. The first-order valence-corrected chi connectivity index (χ1v) is 7.96. The SMILES string of the molecule is CCCNC(Cn1ccnc1C(C)C)C1CCCC1. The maximum Gasteiger partial charge on any atom is 0.111 e. The highest BCUT2D eigenvalue weighted by Gasteiger charge is 2.25. The van der Waals surface area contributed by atoms with Crippen molar-refractivity contribution >= 4 is 0 Å². The van der Waals surface area contributed by atoms with Crippen LogP contribution >= 0.6 is 0 Å². The Balaban J connectivity index is 2.03. The molecule has 1 aromatic heterocycles. The molecule has 1 aliphatic rings. The van der Waals surface area contributed by atoms with Crippen LogP contribution in [-0.2, 0) is 6.54 Å². The lowest BCUT2D eigenvalue weighted by Gasteiger charge is -2.26. The fourth-order valence-corrected chi connectivity index (χ4v) is 3.26. The van der Waals surface area contributed by atoms with Crippen molar-refractivity contribution in [2.45, 2.75) is 71.4 Å². The average molecular weight is 263 g/mol. The summed E-state index contributed by atoms with van der Waals surface area (Å²) in [7, 11) is 0.